The Bertz CT molecular complexity index is 707. The normalized spacial score (nSPS) is 15.1. The summed E-state index contributed by atoms with van der Waals surface area (Å²) in [6.07, 6.45) is 2.22. The van der Waals surface area contributed by atoms with Gasteiger partial charge in [0.05, 0.1) is 0 Å². The molecule has 1 heterocycles. The fourth-order valence-electron chi connectivity index (χ4n) is 3.15. The zero-order valence-electron chi connectivity index (χ0n) is 15.2. The molecule has 1 saturated heterocycles. The standard InChI is InChI=1S/C21H26ClN3O/c1-24-13-15-25(16-14-24)20-11-9-19(10-12-20)23-21(26)4-2-3-17-5-7-18(22)8-6-17/h5-12H,2-4,13-16H2,1H3,(H,23,26). The van der Waals surface area contributed by atoms with Gasteiger partial charge in [-0.3, -0.25) is 4.79 Å². The third-order valence-electron chi connectivity index (χ3n) is 4.80. The van der Waals surface area contributed by atoms with Crippen LogP contribution in [0.4, 0.5) is 11.4 Å². The molecule has 2 aromatic carbocycles. The van der Waals surface area contributed by atoms with Gasteiger partial charge < -0.3 is 15.1 Å². The largest absolute Gasteiger partial charge is 0.369 e. The molecule has 0 aliphatic carbocycles. The van der Waals surface area contributed by atoms with E-state index in [1.807, 2.05) is 36.4 Å². The molecule has 2 aromatic rings. The lowest BCUT2D eigenvalue weighted by Crippen LogP contribution is -2.44. The molecule has 0 saturated carbocycles. The molecule has 0 bridgehead atoms. The molecule has 1 aliphatic rings. The van der Waals surface area contributed by atoms with E-state index < -0.39 is 0 Å². The molecule has 1 amide bonds. The number of aryl methyl sites for hydroxylation is 1. The van der Waals surface area contributed by atoms with Crippen LogP contribution in [0.25, 0.3) is 0 Å². The van der Waals surface area contributed by atoms with Crippen molar-refractivity contribution in [2.24, 2.45) is 0 Å². The summed E-state index contributed by atoms with van der Waals surface area (Å²) in [6, 6.07) is 16.0. The average Bonchev–Trinajstić information content (AvgIpc) is 2.65. The molecule has 0 atom stereocenters. The number of hydrogen-bond acceptors (Lipinski definition) is 3. The molecular formula is C21H26ClN3O. The first kappa shape index (κ1) is 18.7. The van der Waals surface area contributed by atoms with Crippen LogP contribution in [0.2, 0.25) is 5.02 Å². The summed E-state index contributed by atoms with van der Waals surface area (Å²) >= 11 is 5.88. The van der Waals surface area contributed by atoms with Gasteiger partial charge in [-0.2, -0.15) is 0 Å². The van der Waals surface area contributed by atoms with Crippen molar-refractivity contribution in [2.45, 2.75) is 19.3 Å². The van der Waals surface area contributed by atoms with Gasteiger partial charge in [0.1, 0.15) is 0 Å². The monoisotopic (exact) mass is 371 g/mol. The molecule has 0 radical (unpaired) electrons. The Balaban J connectivity index is 1.43. The molecular weight excluding hydrogens is 346 g/mol. The minimum atomic E-state index is 0.0614. The molecule has 1 aliphatic heterocycles. The molecule has 5 heteroatoms. The summed E-state index contributed by atoms with van der Waals surface area (Å²) in [4.78, 5) is 16.9. The van der Waals surface area contributed by atoms with Crippen molar-refractivity contribution < 1.29 is 4.79 Å². The highest BCUT2D eigenvalue weighted by Crippen LogP contribution is 2.19. The first-order valence-electron chi connectivity index (χ1n) is 9.18. The van der Waals surface area contributed by atoms with Gasteiger partial charge in [-0.25, -0.2) is 0 Å². The highest BCUT2D eigenvalue weighted by molar-refractivity contribution is 6.30. The number of carbonyl (C=O) groups excluding carboxylic acids is 1. The average molecular weight is 372 g/mol. The number of piperazine rings is 1. The lowest BCUT2D eigenvalue weighted by atomic mass is 10.1. The van der Waals surface area contributed by atoms with Gasteiger partial charge in [-0.05, 0) is 61.9 Å². The molecule has 0 aromatic heterocycles. The maximum atomic E-state index is 12.1. The number of anilines is 2. The number of halogens is 1. The molecule has 0 unspecified atom stereocenters. The quantitative estimate of drug-likeness (QED) is 0.831. The second-order valence-electron chi connectivity index (χ2n) is 6.87. The van der Waals surface area contributed by atoms with Gasteiger partial charge in [-0.1, -0.05) is 23.7 Å². The van der Waals surface area contributed by atoms with Crippen LogP contribution < -0.4 is 10.2 Å². The predicted molar refractivity (Wildman–Crippen MR) is 109 cm³/mol. The number of hydrogen-bond donors (Lipinski definition) is 1. The summed E-state index contributed by atoms with van der Waals surface area (Å²) in [5.74, 6) is 0.0614. The van der Waals surface area contributed by atoms with E-state index in [9.17, 15) is 4.79 Å². The molecule has 138 valence electrons. The second-order valence-corrected chi connectivity index (χ2v) is 7.30. The van der Waals surface area contributed by atoms with Gasteiger partial charge in [0.2, 0.25) is 5.91 Å². The minimum Gasteiger partial charge on any atom is -0.369 e. The van der Waals surface area contributed by atoms with Crippen molar-refractivity contribution in [3.05, 3.63) is 59.1 Å². The van der Waals surface area contributed by atoms with Crippen LogP contribution in [-0.4, -0.2) is 44.0 Å². The van der Waals surface area contributed by atoms with Crippen molar-refractivity contribution in [1.82, 2.24) is 4.90 Å². The Morgan fingerprint density at radius 1 is 1.00 bits per heavy atom. The lowest BCUT2D eigenvalue weighted by molar-refractivity contribution is -0.116. The lowest BCUT2D eigenvalue weighted by Gasteiger charge is -2.34. The van der Waals surface area contributed by atoms with Crippen molar-refractivity contribution in [1.29, 1.82) is 0 Å². The SMILES string of the molecule is CN1CCN(c2ccc(NC(=O)CCCc3ccc(Cl)cc3)cc2)CC1. The van der Waals surface area contributed by atoms with Gasteiger partial charge in [0.25, 0.3) is 0 Å². The number of carbonyl (C=O) groups is 1. The van der Waals surface area contributed by atoms with Crippen LogP contribution in [0.1, 0.15) is 18.4 Å². The molecule has 0 spiro atoms. The van der Waals surface area contributed by atoms with Crippen LogP contribution in [0, 0.1) is 0 Å². The Morgan fingerprint density at radius 3 is 2.31 bits per heavy atom. The van der Waals surface area contributed by atoms with Crippen molar-refractivity contribution >= 4 is 28.9 Å². The minimum absolute atomic E-state index is 0.0614. The number of benzene rings is 2. The van der Waals surface area contributed by atoms with Crippen LogP contribution in [0.3, 0.4) is 0 Å². The number of likely N-dealkylation sites (N-methyl/N-ethyl adjacent to an activating group) is 1. The first-order chi connectivity index (χ1) is 12.6. The molecule has 1 fully saturated rings. The number of nitrogens with one attached hydrogen (secondary N) is 1. The first-order valence-corrected chi connectivity index (χ1v) is 9.56. The van der Waals surface area contributed by atoms with Gasteiger partial charge in [-0.15, -0.1) is 0 Å². The van der Waals surface area contributed by atoms with Crippen LogP contribution in [0.5, 0.6) is 0 Å². The Hall–Kier alpha value is -2.04. The third-order valence-corrected chi connectivity index (χ3v) is 5.05. The molecule has 4 nitrogen and oxygen atoms in total. The summed E-state index contributed by atoms with van der Waals surface area (Å²) in [5.41, 5.74) is 3.29. The maximum Gasteiger partial charge on any atom is 0.224 e. The van der Waals surface area contributed by atoms with E-state index in [1.54, 1.807) is 0 Å². The molecule has 26 heavy (non-hydrogen) atoms. The van der Waals surface area contributed by atoms with E-state index in [0.29, 0.717) is 6.42 Å². The van der Waals surface area contributed by atoms with Gasteiger partial charge in [0, 0.05) is 49.0 Å². The van der Waals surface area contributed by atoms with Crippen molar-refractivity contribution in [3.8, 4) is 0 Å². The summed E-state index contributed by atoms with van der Waals surface area (Å²) < 4.78 is 0. The molecule has 1 N–H and O–H groups in total. The van der Waals surface area contributed by atoms with Gasteiger partial charge in [0.15, 0.2) is 0 Å². The summed E-state index contributed by atoms with van der Waals surface area (Å²) in [6.45, 7) is 4.28. The second kappa shape index (κ2) is 9.06. The zero-order chi connectivity index (χ0) is 18.4. The number of nitrogens with zero attached hydrogens (tertiary/aromatic N) is 2. The Labute approximate surface area is 160 Å². The Morgan fingerprint density at radius 2 is 1.65 bits per heavy atom. The highest BCUT2D eigenvalue weighted by Gasteiger charge is 2.14. The molecule has 3 rings (SSSR count). The van der Waals surface area contributed by atoms with Crippen molar-refractivity contribution in [2.75, 3.05) is 43.4 Å². The van der Waals surface area contributed by atoms with E-state index in [2.05, 4.69) is 34.3 Å². The smallest absolute Gasteiger partial charge is 0.224 e. The van der Waals surface area contributed by atoms with Crippen LogP contribution in [0.15, 0.2) is 48.5 Å². The maximum absolute atomic E-state index is 12.1. The topological polar surface area (TPSA) is 35.6 Å². The number of rotatable bonds is 6. The van der Waals surface area contributed by atoms with E-state index in [0.717, 1.165) is 49.7 Å². The third kappa shape index (κ3) is 5.48. The van der Waals surface area contributed by atoms with Crippen LogP contribution >= 0.6 is 11.6 Å². The fourth-order valence-corrected chi connectivity index (χ4v) is 3.27. The van der Waals surface area contributed by atoms with Crippen LogP contribution in [-0.2, 0) is 11.2 Å². The van der Waals surface area contributed by atoms with Crippen molar-refractivity contribution in [3.63, 3.8) is 0 Å². The summed E-state index contributed by atoms with van der Waals surface area (Å²) in [7, 11) is 2.16. The Kier molecular flexibility index (Phi) is 6.53. The van der Waals surface area contributed by atoms with Gasteiger partial charge >= 0.3 is 0 Å². The highest BCUT2D eigenvalue weighted by atomic mass is 35.5. The van der Waals surface area contributed by atoms with E-state index in [1.165, 1.54) is 11.3 Å². The van der Waals surface area contributed by atoms with E-state index in [4.69, 9.17) is 11.6 Å². The van der Waals surface area contributed by atoms with E-state index in [-0.39, 0.29) is 5.91 Å². The number of amides is 1. The predicted octanol–water partition coefficient (Wildman–Crippen LogP) is 4.05. The van der Waals surface area contributed by atoms with E-state index >= 15 is 0 Å². The fraction of sp³-hybridized carbons (Fsp3) is 0.381. The summed E-state index contributed by atoms with van der Waals surface area (Å²) in [5, 5.41) is 3.73. The zero-order valence-corrected chi connectivity index (χ0v) is 16.0.